The summed E-state index contributed by atoms with van der Waals surface area (Å²) in [6.07, 6.45) is 0. The van der Waals surface area contributed by atoms with Gasteiger partial charge in [0.15, 0.2) is 0 Å². The van der Waals surface area contributed by atoms with Gasteiger partial charge in [0, 0.05) is 51.9 Å². The van der Waals surface area contributed by atoms with Crippen molar-refractivity contribution >= 4 is 88.2 Å². The molecule has 0 atom stereocenters. The highest BCUT2D eigenvalue weighted by Gasteiger charge is 2.40. The minimum absolute atomic E-state index is 0.129. The molecule has 0 bridgehead atoms. The first-order valence-electron chi connectivity index (χ1n) is 17.9. The lowest BCUT2D eigenvalue weighted by Crippen LogP contribution is -2.58. The van der Waals surface area contributed by atoms with Gasteiger partial charge in [-0.25, -0.2) is 0 Å². The van der Waals surface area contributed by atoms with Crippen LogP contribution in [0.3, 0.4) is 0 Å². The van der Waals surface area contributed by atoms with Crippen molar-refractivity contribution in [1.82, 2.24) is 4.57 Å². The van der Waals surface area contributed by atoms with Crippen molar-refractivity contribution in [3.63, 3.8) is 0 Å². The van der Waals surface area contributed by atoms with Gasteiger partial charge in [-0.2, -0.15) is 0 Å². The predicted octanol–water partition coefficient (Wildman–Crippen LogP) is 11.4. The van der Waals surface area contributed by atoms with E-state index in [9.17, 15) is 0 Å². The second-order valence-electron chi connectivity index (χ2n) is 14.0. The van der Waals surface area contributed by atoms with Crippen LogP contribution in [0.15, 0.2) is 180 Å². The molecule has 0 radical (unpaired) electrons. The number of aromatic nitrogens is 1. The van der Waals surface area contributed by atoms with Crippen molar-refractivity contribution in [1.29, 1.82) is 0 Å². The van der Waals surface area contributed by atoms with Crippen molar-refractivity contribution in [2.24, 2.45) is 0 Å². The molecule has 8 aromatic carbocycles. The summed E-state index contributed by atoms with van der Waals surface area (Å²) in [6, 6.07) is 63.4. The fourth-order valence-corrected chi connectivity index (χ4v) is 11.5. The lowest BCUT2D eigenvalue weighted by molar-refractivity contribution is 1.17. The molecule has 0 amide bonds. The maximum absolute atomic E-state index is 2.60. The Morgan fingerprint density at radius 2 is 1.17 bits per heavy atom. The van der Waals surface area contributed by atoms with Crippen LogP contribution in [-0.2, 0) is 0 Å². The highest BCUT2D eigenvalue weighted by atomic mass is 32.2. The average Bonchev–Trinajstić information content (AvgIpc) is 3.77. The van der Waals surface area contributed by atoms with Crippen LogP contribution in [0.5, 0.6) is 0 Å². The van der Waals surface area contributed by atoms with Gasteiger partial charge in [0.1, 0.15) is 0 Å². The van der Waals surface area contributed by atoms with Crippen LogP contribution in [0.4, 0.5) is 0 Å². The van der Waals surface area contributed by atoms with E-state index in [2.05, 4.69) is 174 Å². The molecule has 10 aromatic rings. The van der Waals surface area contributed by atoms with Gasteiger partial charge in [-0.3, -0.25) is 0 Å². The lowest BCUT2D eigenvalue weighted by atomic mass is 9.35. The Bertz CT molecular complexity index is 3100. The average molecular weight is 694 g/mol. The van der Waals surface area contributed by atoms with E-state index < -0.39 is 0 Å². The highest BCUT2D eigenvalue weighted by Crippen LogP contribution is 2.46. The van der Waals surface area contributed by atoms with E-state index in [1.165, 1.54) is 107 Å². The van der Waals surface area contributed by atoms with Crippen LogP contribution in [0, 0.1) is 0 Å². The number of para-hydroxylation sites is 1. The molecule has 0 saturated heterocycles. The molecule has 2 aliphatic heterocycles. The van der Waals surface area contributed by atoms with Crippen LogP contribution >= 0.6 is 23.1 Å². The second kappa shape index (κ2) is 10.9. The molecule has 2 aliphatic rings. The highest BCUT2D eigenvalue weighted by molar-refractivity contribution is 8.00. The number of rotatable bonds is 3. The van der Waals surface area contributed by atoms with Gasteiger partial charge < -0.3 is 4.57 Å². The molecular weight excluding hydrogens is 665 g/mol. The standard InChI is InChI=1S/C48H28BNS2/c1-3-12-29(13-4-1)31-22-24-38-43(27-31)51-44-28-32(34-18-11-19-36-35-16-8-10-21-42(35)52-48(34)36)26-41-46(44)49(38)39-25-23-33(30-14-5-2-6-15-30)45-37-17-7-9-20-40(37)50(41)47(39)45/h1-28H. The van der Waals surface area contributed by atoms with Crippen molar-refractivity contribution in [2.45, 2.75) is 9.79 Å². The normalized spacial score (nSPS) is 12.9. The van der Waals surface area contributed by atoms with Crippen LogP contribution in [0.2, 0.25) is 0 Å². The Balaban J connectivity index is 1.20. The first-order chi connectivity index (χ1) is 25.8. The number of thiophene rings is 1. The van der Waals surface area contributed by atoms with E-state index in [0.29, 0.717) is 0 Å². The molecule has 12 rings (SSSR count). The van der Waals surface area contributed by atoms with E-state index in [4.69, 9.17) is 0 Å². The van der Waals surface area contributed by atoms with E-state index >= 15 is 0 Å². The molecule has 240 valence electrons. The van der Waals surface area contributed by atoms with Gasteiger partial charge in [0.05, 0.1) is 5.52 Å². The number of fused-ring (bicyclic) bond motifs is 10. The zero-order valence-electron chi connectivity index (χ0n) is 28.0. The molecule has 1 nitrogen and oxygen atoms in total. The minimum Gasteiger partial charge on any atom is -0.310 e. The SMILES string of the molecule is c1ccc(-c2ccc3c(c2)Sc2cc(-c4cccc5c4sc4ccccc45)cc4c2B3c2ccc(-c3ccccc3)c3c5ccccc5n-4c23)cc1. The molecule has 2 aromatic heterocycles. The third-order valence-electron chi connectivity index (χ3n) is 11.3. The summed E-state index contributed by atoms with van der Waals surface area (Å²) in [5.74, 6) is 0. The van der Waals surface area contributed by atoms with E-state index in [0.717, 1.165) is 0 Å². The first kappa shape index (κ1) is 28.8. The van der Waals surface area contributed by atoms with Crippen LogP contribution in [0.1, 0.15) is 0 Å². The third kappa shape index (κ3) is 3.97. The molecule has 0 aliphatic carbocycles. The molecule has 4 heterocycles. The molecule has 0 unspecified atom stereocenters. The quantitative estimate of drug-likeness (QED) is 0.167. The number of benzene rings is 8. The largest absolute Gasteiger partial charge is 0.310 e. The zero-order chi connectivity index (χ0) is 33.9. The number of nitrogens with zero attached hydrogens (tertiary/aromatic N) is 1. The Morgan fingerprint density at radius 1 is 0.462 bits per heavy atom. The molecule has 0 spiro atoms. The lowest BCUT2D eigenvalue weighted by Gasteiger charge is -2.34. The molecule has 0 saturated carbocycles. The summed E-state index contributed by atoms with van der Waals surface area (Å²) in [5.41, 5.74) is 15.7. The van der Waals surface area contributed by atoms with Crippen LogP contribution < -0.4 is 16.4 Å². The second-order valence-corrected chi connectivity index (χ2v) is 16.1. The van der Waals surface area contributed by atoms with Gasteiger partial charge in [-0.1, -0.05) is 157 Å². The van der Waals surface area contributed by atoms with Crippen molar-refractivity contribution in [3.05, 3.63) is 170 Å². The summed E-state index contributed by atoms with van der Waals surface area (Å²) in [4.78, 5) is 2.68. The minimum atomic E-state index is 0.129. The first-order valence-corrected chi connectivity index (χ1v) is 19.5. The van der Waals surface area contributed by atoms with E-state index in [1.807, 2.05) is 23.1 Å². The fraction of sp³-hybridized carbons (Fsp3) is 0. The third-order valence-corrected chi connectivity index (χ3v) is 13.6. The Labute approximate surface area is 309 Å². The summed E-state index contributed by atoms with van der Waals surface area (Å²) in [5, 5.41) is 5.31. The van der Waals surface area contributed by atoms with E-state index in [-0.39, 0.29) is 6.71 Å². The molecular formula is C48H28BNS2. The number of hydrogen-bond acceptors (Lipinski definition) is 2. The van der Waals surface area contributed by atoms with Crippen molar-refractivity contribution in [2.75, 3.05) is 0 Å². The maximum atomic E-state index is 2.60. The van der Waals surface area contributed by atoms with Gasteiger partial charge in [0.2, 0.25) is 6.71 Å². The van der Waals surface area contributed by atoms with E-state index in [1.54, 1.807) is 0 Å². The summed E-state index contributed by atoms with van der Waals surface area (Å²) < 4.78 is 5.28. The van der Waals surface area contributed by atoms with Crippen LogP contribution in [0.25, 0.3) is 81.0 Å². The molecule has 52 heavy (non-hydrogen) atoms. The Hall–Kier alpha value is -5.81. The van der Waals surface area contributed by atoms with Gasteiger partial charge in [0.25, 0.3) is 0 Å². The summed E-state index contributed by atoms with van der Waals surface area (Å²) >= 11 is 3.85. The maximum Gasteiger partial charge on any atom is 0.249 e. The zero-order valence-corrected chi connectivity index (χ0v) is 29.6. The summed E-state index contributed by atoms with van der Waals surface area (Å²) in [7, 11) is 0. The molecule has 0 N–H and O–H groups in total. The molecule has 4 heteroatoms. The van der Waals surface area contributed by atoms with Crippen molar-refractivity contribution < 1.29 is 0 Å². The van der Waals surface area contributed by atoms with Gasteiger partial charge >= 0.3 is 0 Å². The van der Waals surface area contributed by atoms with Crippen molar-refractivity contribution in [3.8, 4) is 39.1 Å². The topological polar surface area (TPSA) is 4.93 Å². The van der Waals surface area contributed by atoms with Gasteiger partial charge in [-0.15, -0.1) is 11.3 Å². The smallest absolute Gasteiger partial charge is 0.249 e. The Kier molecular flexibility index (Phi) is 6.02. The predicted molar refractivity (Wildman–Crippen MR) is 225 cm³/mol. The monoisotopic (exact) mass is 693 g/mol. The molecule has 0 fully saturated rings. The summed E-state index contributed by atoms with van der Waals surface area (Å²) in [6.45, 7) is 0.129. The fourth-order valence-electron chi connectivity index (χ4n) is 9.03. The van der Waals surface area contributed by atoms with Gasteiger partial charge in [-0.05, 0) is 74.6 Å². The Morgan fingerprint density at radius 3 is 2.04 bits per heavy atom. The number of hydrogen-bond donors (Lipinski definition) is 0. The van der Waals surface area contributed by atoms with Crippen LogP contribution in [-0.4, -0.2) is 11.3 Å².